The maximum atomic E-state index is 13.1. The lowest BCUT2D eigenvalue weighted by Gasteiger charge is -2.31. The van der Waals surface area contributed by atoms with Crippen molar-refractivity contribution in [3.8, 4) is 5.75 Å². The Hall–Kier alpha value is -1.64. The summed E-state index contributed by atoms with van der Waals surface area (Å²) in [6.45, 7) is 6.83. The van der Waals surface area contributed by atoms with E-state index in [9.17, 15) is 13.2 Å². The Bertz CT molecular complexity index is 771. The Morgan fingerprint density at radius 2 is 2.00 bits per heavy atom. The second kappa shape index (κ2) is 8.58. The molecule has 0 bridgehead atoms. The van der Waals surface area contributed by atoms with E-state index in [1.54, 1.807) is 12.1 Å². The number of hydrogen-bond acceptors (Lipinski definition) is 5. The van der Waals surface area contributed by atoms with Crippen LogP contribution in [0.2, 0.25) is 0 Å². The minimum Gasteiger partial charge on any atom is -0.492 e. The first-order valence-electron chi connectivity index (χ1n) is 9.72. The van der Waals surface area contributed by atoms with Crippen LogP contribution in [-0.4, -0.2) is 51.4 Å². The van der Waals surface area contributed by atoms with Gasteiger partial charge in [-0.2, -0.15) is 4.31 Å². The maximum absolute atomic E-state index is 13.1. The van der Waals surface area contributed by atoms with E-state index in [1.165, 1.54) is 10.4 Å². The van der Waals surface area contributed by atoms with Crippen LogP contribution in [0.3, 0.4) is 0 Å². The van der Waals surface area contributed by atoms with Crippen molar-refractivity contribution in [2.75, 3.05) is 38.1 Å². The Kier molecular flexibility index (Phi) is 6.39. The quantitative estimate of drug-likeness (QED) is 0.738. The Morgan fingerprint density at radius 3 is 2.59 bits per heavy atom. The molecular formula is C19H29N3O4S. The van der Waals surface area contributed by atoms with Gasteiger partial charge >= 0.3 is 0 Å². The molecule has 0 radical (unpaired) electrons. The minimum atomic E-state index is -3.66. The predicted molar refractivity (Wildman–Crippen MR) is 104 cm³/mol. The van der Waals surface area contributed by atoms with Gasteiger partial charge in [0.15, 0.2) is 0 Å². The van der Waals surface area contributed by atoms with Crippen LogP contribution in [0.5, 0.6) is 5.75 Å². The summed E-state index contributed by atoms with van der Waals surface area (Å²) in [5.41, 5.74) is 0.484. The van der Waals surface area contributed by atoms with E-state index < -0.39 is 10.0 Å². The number of benzene rings is 1. The van der Waals surface area contributed by atoms with E-state index in [-0.39, 0.29) is 16.7 Å². The van der Waals surface area contributed by atoms with Gasteiger partial charge in [-0.1, -0.05) is 13.3 Å². The molecule has 1 amide bonds. The molecule has 2 aliphatic rings. The fourth-order valence-corrected chi connectivity index (χ4v) is 5.12. The summed E-state index contributed by atoms with van der Waals surface area (Å²) in [5, 5.41) is 6.04. The molecule has 2 heterocycles. The van der Waals surface area contributed by atoms with Gasteiger partial charge in [0.1, 0.15) is 10.6 Å². The number of nitrogens with zero attached hydrogens (tertiary/aromatic N) is 1. The highest BCUT2D eigenvalue weighted by Crippen LogP contribution is 2.32. The van der Waals surface area contributed by atoms with Crippen molar-refractivity contribution in [3.63, 3.8) is 0 Å². The van der Waals surface area contributed by atoms with E-state index in [2.05, 4.69) is 10.6 Å². The molecule has 7 nitrogen and oxygen atoms in total. The molecule has 3 rings (SSSR count). The van der Waals surface area contributed by atoms with Gasteiger partial charge in [-0.15, -0.1) is 0 Å². The van der Waals surface area contributed by atoms with Gasteiger partial charge in [-0.05, 0) is 57.0 Å². The number of carbonyl (C=O) groups excluding carboxylic acids is 1. The summed E-state index contributed by atoms with van der Waals surface area (Å²) in [5.74, 6) is 0.438. The molecule has 27 heavy (non-hydrogen) atoms. The standard InChI is InChI=1S/C19H29N3O4S/c1-3-26-17-8-7-16(21-19(23)14(2)15-12-20-13-15)11-18(17)27(24,25)22-9-5-4-6-10-22/h7-8,11,14-15,20H,3-6,9-10,12-13H2,1-2H3,(H,21,23). The molecule has 1 unspecified atom stereocenters. The van der Waals surface area contributed by atoms with Gasteiger partial charge in [0.25, 0.3) is 0 Å². The second-order valence-electron chi connectivity index (χ2n) is 7.26. The third-order valence-corrected chi connectivity index (χ3v) is 7.30. The summed E-state index contributed by atoms with van der Waals surface area (Å²) in [6, 6.07) is 4.86. The van der Waals surface area contributed by atoms with Crippen LogP contribution in [0.25, 0.3) is 0 Å². The average Bonchev–Trinajstić information content (AvgIpc) is 2.62. The molecule has 2 aliphatic heterocycles. The molecule has 0 spiro atoms. The van der Waals surface area contributed by atoms with Crippen LogP contribution in [0.1, 0.15) is 33.1 Å². The number of piperidine rings is 1. The summed E-state index contributed by atoms with van der Waals surface area (Å²) in [7, 11) is -3.66. The smallest absolute Gasteiger partial charge is 0.246 e. The van der Waals surface area contributed by atoms with Crippen molar-refractivity contribution < 1.29 is 17.9 Å². The number of amides is 1. The molecule has 0 saturated carbocycles. The van der Waals surface area contributed by atoms with E-state index in [0.29, 0.717) is 37.1 Å². The molecule has 1 atom stereocenters. The number of nitrogens with one attached hydrogen (secondary N) is 2. The fraction of sp³-hybridized carbons (Fsp3) is 0.632. The lowest BCUT2D eigenvalue weighted by atomic mass is 9.88. The van der Waals surface area contributed by atoms with Crippen LogP contribution in [-0.2, 0) is 14.8 Å². The van der Waals surface area contributed by atoms with Gasteiger partial charge in [-0.25, -0.2) is 8.42 Å². The summed E-state index contributed by atoms with van der Waals surface area (Å²) in [4.78, 5) is 12.6. The molecule has 0 aliphatic carbocycles. The minimum absolute atomic E-state index is 0.0908. The highest BCUT2D eigenvalue weighted by Gasteiger charge is 2.31. The Labute approximate surface area is 161 Å². The van der Waals surface area contributed by atoms with Crippen molar-refractivity contribution in [2.24, 2.45) is 11.8 Å². The zero-order valence-electron chi connectivity index (χ0n) is 16.0. The van der Waals surface area contributed by atoms with E-state index >= 15 is 0 Å². The van der Waals surface area contributed by atoms with Gasteiger partial charge in [-0.3, -0.25) is 4.79 Å². The summed E-state index contributed by atoms with van der Waals surface area (Å²) >= 11 is 0. The van der Waals surface area contributed by atoms with Gasteiger partial charge in [0.05, 0.1) is 6.61 Å². The molecule has 1 aromatic rings. The summed E-state index contributed by atoms with van der Waals surface area (Å²) < 4.78 is 33.4. The maximum Gasteiger partial charge on any atom is 0.246 e. The Morgan fingerprint density at radius 1 is 1.30 bits per heavy atom. The van der Waals surface area contributed by atoms with Crippen LogP contribution in [0, 0.1) is 11.8 Å². The Balaban J connectivity index is 1.84. The lowest BCUT2D eigenvalue weighted by molar-refractivity contribution is -0.121. The van der Waals surface area contributed by atoms with Gasteiger partial charge < -0.3 is 15.4 Å². The number of carbonyl (C=O) groups is 1. The molecule has 2 fully saturated rings. The van der Waals surface area contributed by atoms with Crippen LogP contribution < -0.4 is 15.4 Å². The van der Waals surface area contributed by atoms with Crippen molar-refractivity contribution in [1.82, 2.24) is 9.62 Å². The largest absolute Gasteiger partial charge is 0.492 e. The molecule has 150 valence electrons. The van der Waals surface area contributed by atoms with Gasteiger partial charge in [0.2, 0.25) is 15.9 Å². The highest BCUT2D eigenvalue weighted by molar-refractivity contribution is 7.89. The van der Waals surface area contributed by atoms with Crippen LogP contribution >= 0.6 is 0 Å². The number of anilines is 1. The number of sulfonamides is 1. The normalized spacial score (nSPS) is 19.9. The molecule has 2 saturated heterocycles. The van der Waals surface area contributed by atoms with Crippen molar-refractivity contribution in [3.05, 3.63) is 18.2 Å². The fourth-order valence-electron chi connectivity index (χ4n) is 3.44. The van der Waals surface area contributed by atoms with E-state index in [1.807, 2.05) is 13.8 Å². The monoisotopic (exact) mass is 395 g/mol. The van der Waals surface area contributed by atoms with Crippen LogP contribution in [0.4, 0.5) is 5.69 Å². The molecule has 8 heteroatoms. The first-order valence-corrected chi connectivity index (χ1v) is 11.2. The van der Waals surface area contributed by atoms with Gasteiger partial charge in [0, 0.05) is 24.7 Å². The first kappa shape index (κ1) is 20.1. The lowest BCUT2D eigenvalue weighted by Crippen LogP contribution is -2.48. The van der Waals surface area contributed by atoms with E-state index in [0.717, 1.165) is 32.4 Å². The average molecular weight is 396 g/mol. The second-order valence-corrected chi connectivity index (χ2v) is 9.16. The number of ether oxygens (including phenoxy) is 1. The molecular weight excluding hydrogens is 366 g/mol. The molecule has 2 N–H and O–H groups in total. The predicted octanol–water partition coefficient (Wildman–Crippen LogP) is 2.05. The van der Waals surface area contributed by atoms with Crippen molar-refractivity contribution in [1.29, 1.82) is 0 Å². The van der Waals surface area contributed by atoms with Crippen LogP contribution in [0.15, 0.2) is 23.1 Å². The van der Waals surface area contributed by atoms with Crippen molar-refractivity contribution in [2.45, 2.75) is 38.0 Å². The molecule has 1 aromatic carbocycles. The van der Waals surface area contributed by atoms with E-state index in [4.69, 9.17) is 4.74 Å². The van der Waals surface area contributed by atoms with Crippen molar-refractivity contribution >= 4 is 21.6 Å². The zero-order chi connectivity index (χ0) is 19.4. The summed E-state index contributed by atoms with van der Waals surface area (Å²) in [6.07, 6.45) is 2.79. The first-order chi connectivity index (χ1) is 12.9. The topological polar surface area (TPSA) is 87.7 Å². The third kappa shape index (κ3) is 4.44. The number of rotatable bonds is 7. The SMILES string of the molecule is CCOc1ccc(NC(=O)C(C)C2CNC2)cc1S(=O)(=O)N1CCCCC1. The third-order valence-electron chi connectivity index (χ3n) is 5.38. The number of hydrogen-bond donors (Lipinski definition) is 2. The zero-order valence-corrected chi connectivity index (χ0v) is 16.8. The highest BCUT2D eigenvalue weighted by atomic mass is 32.2. The molecule has 0 aromatic heterocycles.